The Kier molecular flexibility index (Phi) is 4.66. The van der Waals surface area contributed by atoms with E-state index in [-0.39, 0.29) is 0 Å². The van der Waals surface area contributed by atoms with Crippen molar-refractivity contribution in [2.24, 2.45) is 0 Å². The fourth-order valence-corrected chi connectivity index (χ4v) is 2.98. The van der Waals surface area contributed by atoms with Gasteiger partial charge in [-0.15, -0.1) is 11.8 Å². The quantitative estimate of drug-likeness (QED) is 0.496. The second-order valence-corrected chi connectivity index (χ2v) is 6.09. The second kappa shape index (κ2) is 7.05. The first-order valence-electron chi connectivity index (χ1n) is 7.19. The van der Waals surface area contributed by atoms with Gasteiger partial charge in [0.1, 0.15) is 0 Å². The molecule has 3 heteroatoms. The van der Waals surface area contributed by atoms with E-state index in [0.717, 1.165) is 22.8 Å². The van der Waals surface area contributed by atoms with E-state index in [2.05, 4.69) is 53.8 Å². The Balaban J connectivity index is 1.59. The third kappa shape index (κ3) is 4.06. The molecule has 3 N–H and O–H groups in total. The summed E-state index contributed by atoms with van der Waals surface area (Å²) in [6, 6.07) is 26.8. The number of thioether (sulfide) groups is 1. The molecule has 3 aromatic rings. The Morgan fingerprint density at radius 3 is 1.95 bits per heavy atom. The summed E-state index contributed by atoms with van der Waals surface area (Å²) in [5, 5.41) is 3.37. The van der Waals surface area contributed by atoms with E-state index in [9.17, 15) is 0 Å². The zero-order valence-electron chi connectivity index (χ0n) is 12.2. The van der Waals surface area contributed by atoms with Crippen LogP contribution in [0.3, 0.4) is 0 Å². The van der Waals surface area contributed by atoms with Gasteiger partial charge in [-0.05, 0) is 54.1 Å². The molecule has 0 amide bonds. The highest BCUT2D eigenvalue weighted by Crippen LogP contribution is 2.24. The highest BCUT2D eigenvalue weighted by atomic mass is 32.2. The van der Waals surface area contributed by atoms with Gasteiger partial charge < -0.3 is 11.1 Å². The summed E-state index contributed by atoms with van der Waals surface area (Å²) < 4.78 is 0. The molecule has 0 aliphatic rings. The zero-order valence-corrected chi connectivity index (χ0v) is 13.0. The predicted molar refractivity (Wildman–Crippen MR) is 96.6 cm³/mol. The molecule has 0 spiro atoms. The summed E-state index contributed by atoms with van der Waals surface area (Å²) in [5.74, 6) is 0.978. The number of rotatable bonds is 5. The predicted octanol–water partition coefficient (Wildman–Crippen LogP) is 5.30. The van der Waals surface area contributed by atoms with Crippen LogP contribution in [0.2, 0.25) is 0 Å². The van der Waals surface area contributed by atoms with Crippen molar-refractivity contribution >= 4 is 28.8 Å². The highest BCUT2D eigenvalue weighted by Gasteiger charge is 1.98. The van der Waals surface area contributed by atoms with E-state index in [1.807, 2.05) is 42.1 Å². The van der Waals surface area contributed by atoms with E-state index in [1.54, 1.807) is 0 Å². The van der Waals surface area contributed by atoms with Crippen molar-refractivity contribution in [2.75, 3.05) is 11.1 Å². The summed E-state index contributed by atoms with van der Waals surface area (Å²) in [6.07, 6.45) is 0. The Morgan fingerprint density at radius 2 is 1.32 bits per heavy atom. The first-order chi connectivity index (χ1) is 10.8. The molecule has 0 bridgehead atoms. The van der Waals surface area contributed by atoms with Gasteiger partial charge in [-0.1, -0.05) is 30.3 Å². The van der Waals surface area contributed by atoms with Crippen molar-refractivity contribution in [1.82, 2.24) is 0 Å². The molecule has 110 valence electrons. The maximum absolute atomic E-state index is 5.69. The van der Waals surface area contributed by atoms with Crippen molar-refractivity contribution in [2.45, 2.75) is 10.6 Å². The molecular weight excluding hydrogens is 288 g/mol. The molecule has 0 saturated carbocycles. The van der Waals surface area contributed by atoms with Crippen LogP contribution < -0.4 is 11.1 Å². The number of anilines is 3. The lowest BCUT2D eigenvalue weighted by Gasteiger charge is -2.08. The summed E-state index contributed by atoms with van der Waals surface area (Å²) in [5.41, 5.74) is 9.91. The average Bonchev–Trinajstić information content (AvgIpc) is 2.57. The molecule has 0 aliphatic heterocycles. The minimum atomic E-state index is 0.777. The molecule has 0 heterocycles. The molecular formula is C19H18N2S. The summed E-state index contributed by atoms with van der Waals surface area (Å²) >= 11 is 1.85. The van der Waals surface area contributed by atoms with Gasteiger partial charge in [0.05, 0.1) is 0 Å². The number of nitrogens with two attached hydrogens (primary N) is 1. The first-order valence-corrected chi connectivity index (χ1v) is 8.17. The lowest BCUT2D eigenvalue weighted by Crippen LogP contribution is -1.91. The number of nitrogen functional groups attached to an aromatic ring is 1. The van der Waals surface area contributed by atoms with E-state index in [1.165, 1.54) is 10.5 Å². The van der Waals surface area contributed by atoms with E-state index < -0.39 is 0 Å². The molecule has 0 saturated heterocycles. The molecule has 0 radical (unpaired) electrons. The maximum Gasteiger partial charge on any atom is 0.0385 e. The van der Waals surface area contributed by atoms with Gasteiger partial charge in [0.25, 0.3) is 0 Å². The topological polar surface area (TPSA) is 38.0 Å². The van der Waals surface area contributed by atoms with Crippen LogP contribution in [0.5, 0.6) is 0 Å². The molecule has 0 aliphatic carbocycles. The summed E-state index contributed by atoms with van der Waals surface area (Å²) in [4.78, 5) is 1.30. The van der Waals surface area contributed by atoms with Gasteiger partial charge in [-0.2, -0.15) is 0 Å². The van der Waals surface area contributed by atoms with Crippen LogP contribution in [0.15, 0.2) is 83.8 Å². The number of hydrogen-bond acceptors (Lipinski definition) is 3. The smallest absolute Gasteiger partial charge is 0.0385 e. The van der Waals surface area contributed by atoms with Gasteiger partial charge in [0, 0.05) is 27.7 Å². The number of hydrogen-bond donors (Lipinski definition) is 2. The van der Waals surface area contributed by atoms with Crippen molar-refractivity contribution in [1.29, 1.82) is 0 Å². The van der Waals surface area contributed by atoms with E-state index in [0.29, 0.717) is 0 Å². The molecule has 22 heavy (non-hydrogen) atoms. The van der Waals surface area contributed by atoms with Crippen LogP contribution in [0, 0.1) is 0 Å². The third-order valence-corrected chi connectivity index (χ3v) is 4.39. The lowest BCUT2D eigenvalue weighted by molar-refractivity contribution is 1.38. The monoisotopic (exact) mass is 306 g/mol. The van der Waals surface area contributed by atoms with Crippen LogP contribution in [-0.4, -0.2) is 0 Å². The second-order valence-electron chi connectivity index (χ2n) is 5.05. The molecule has 0 unspecified atom stereocenters. The minimum absolute atomic E-state index is 0.777. The van der Waals surface area contributed by atoms with Crippen LogP contribution >= 0.6 is 11.8 Å². The lowest BCUT2D eigenvalue weighted by atomic mass is 10.2. The standard InChI is InChI=1S/C19H18N2S/c20-16-8-12-18(13-9-16)21-17-10-6-15(7-11-17)14-22-19-4-2-1-3-5-19/h1-13,21H,14,20H2. The molecule has 2 nitrogen and oxygen atoms in total. The molecule has 3 rings (SSSR count). The summed E-state index contributed by atoms with van der Waals surface area (Å²) in [6.45, 7) is 0. The number of benzene rings is 3. The molecule has 3 aromatic carbocycles. The van der Waals surface area contributed by atoms with Gasteiger partial charge in [-0.25, -0.2) is 0 Å². The zero-order chi connectivity index (χ0) is 15.2. The normalized spacial score (nSPS) is 10.4. The molecule has 0 fully saturated rings. The minimum Gasteiger partial charge on any atom is -0.399 e. The van der Waals surface area contributed by atoms with Crippen LogP contribution in [0.4, 0.5) is 17.1 Å². The van der Waals surface area contributed by atoms with Crippen LogP contribution in [-0.2, 0) is 5.75 Å². The van der Waals surface area contributed by atoms with Crippen molar-refractivity contribution < 1.29 is 0 Å². The Bertz CT molecular complexity index is 707. The Labute approximate surface area is 135 Å². The molecule has 0 atom stereocenters. The molecule has 0 aromatic heterocycles. The first kappa shape index (κ1) is 14.5. The van der Waals surface area contributed by atoms with Gasteiger partial charge in [0.15, 0.2) is 0 Å². The summed E-state index contributed by atoms with van der Waals surface area (Å²) in [7, 11) is 0. The Hall–Kier alpha value is -2.39. The van der Waals surface area contributed by atoms with E-state index in [4.69, 9.17) is 5.73 Å². The average molecular weight is 306 g/mol. The maximum atomic E-state index is 5.69. The van der Waals surface area contributed by atoms with Crippen molar-refractivity contribution in [3.63, 3.8) is 0 Å². The van der Waals surface area contributed by atoms with Gasteiger partial charge in [-0.3, -0.25) is 0 Å². The largest absolute Gasteiger partial charge is 0.399 e. The Morgan fingerprint density at radius 1 is 0.727 bits per heavy atom. The third-order valence-electron chi connectivity index (χ3n) is 3.30. The fourth-order valence-electron chi connectivity index (χ4n) is 2.10. The van der Waals surface area contributed by atoms with Gasteiger partial charge in [0.2, 0.25) is 0 Å². The highest BCUT2D eigenvalue weighted by molar-refractivity contribution is 7.98. The van der Waals surface area contributed by atoms with Gasteiger partial charge >= 0.3 is 0 Å². The number of nitrogens with one attached hydrogen (secondary N) is 1. The van der Waals surface area contributed by atoms with Crippen LogP contribution in [0.25, 0.3) is 0 Å². The SMILES string of the molecule is Nc1ccc(Nc2ccc(CSc3ccccc3)cc2)cc1. The fraction of sp³-hybridized carbons (Fsp3) is 0.0526. The van der Waals surface area contributed by atoms with Crippen molar-refractivity contribution in [3.05, 3.63) is 84.4 Å². The van der Waals surface area contributed by atoms with Crippen molar-refractivity contribution in [3.8, 4) is 0 Å². The van der Waals surface area contributed by atoms with Crippen LogP contribution in [0.1, 0.15) is 5.56 Å². The van der Waals surface area contributed by atoms with E-state index >= 15 is 0 Å².